The summed E-state index contributed by atoms with van der Waals surface area (Å²) >= 11 is 3.59. The molecule has 0 saturated carbocycles. The molecule has 1 atom stereocenters. The van der Waals surface area contributed by atoms with Gasteiger partial charge in [0.15, 0.2) is 0 Å². The quantitative estimate of drug-likeness (QED) is 0.535. The number of hydrogen-bond donors (Lipinski definition) is 0. The van der Waals surface area contributed by atoms with Crippen LogP contribution in [0.3, 0.4) is 0 Å². The lowest BCUT2D eigenvalue weighted by Gasteiger charge is -2.14. The van der Waals surface area contributed by atoms with Crippen molar-refractivity contribution < 1.29 is 9.47 Å². The second-order valence-electron chi connectivity index (χ2n) is 5.52. The van der Waals surface area contributed by atoms with E-state index in [2.05, 4.69) is 52.3 Å². The monoisotopic (exact) mass is 348 g/mol. The fourth-order valence-electron chi connectivity index (χ4n) is 2.95. The molecule has 1 heterocycles. The average molecular weight is 349 g/mol. The number of ether oxygens (including phenoxy) is 2. The maximum Gasteiger partial charge on any atom is 0.123 e. The van der Waals surface area contributed by atoms with Crippen LogP contribution in [0.25, 0.3) is 10.8 Å². The van der Waals surface area contributed by atoms with Crippen LogP contribution in [0.2, 0.25) is 0 Å². The molecular weight excluding hydrogens is 328 g/mol. The highest BCUT2D eigenvalue weighted by Crippen LogP contribution is 2.30. The minimum atomic E-state index is 0.459. The summed E-state index contributed by atoms with van der Waals surface area (Å²) in [6.07, 6.45) is 5.05. The number of hydrogen-bond acceptors (Lipinski definition) is 2. The van der Waals surface area contributed by atoms with E-state index >= 15 is 0 Å². The standard InChI is InChI=1S/C18H21BrO2/c19-13-17-16-8-2-1-5-14(16)9-10-18(17)21-12-4-7-15-6-3-11-20-15/h1-2,5,8-10,15H,3-4,6-7,11-13H2. The van der Waals surface area contributed by atoms with Gasteiger partial charge in [0.05, 0.1) is 12.7 Å². The van der Waals surface area contributed by atoms with Crippen molar-refractivity contribution in [1.29, 1.82) is 0 Å². The van der Waals surface area contributed by atoms with Gasteiger partial charge in [-0.1, -0.05) is 46.3 Å². The molecule has 1 aliphatic heterocycles. The van der Waals surface area contributed by atoms with Crippen molar-refractivity contribution in [1.82, 2.24) is 0 Å². The molecular formula is C18H21BrO2. The van der Waals surface area contributed by atoms with E-state index in [1.807, 2.05) is 0 Å². The second-order valence-corrected chi connectivity index (χ2v) is 6.08. The van der Waals surface area contributed by atoms with Gasteiger partial charge >= 0.3 is 0 Å². The first-order valence-electron chi connectivity index (χ1n) is 7.69. The van der Waals surface area contributed by atoms with E-state index in [0.29, 0.717) is 6.10 Å². The van der Waals surface area contributed by atoms with Gasteiger partial charge in [0, 0.05) is 17.5 Å². The SMILES string of the molecule is BrCc1c(OCCCC2CCCO2)ccc2ccccc12. The Morgan fingerprint density at radius 1 is 1.19 bits per heavy atom. The van der Waals surface area contributed by atoms with Crippen LogP contribution < -0.4 is 4.74 Å². The molecule has 21 heavy (non-hydrogen) atoms. The van der Waals surface area contributed by atoms with E-state index in [4.69, 9.17) is 9.47 Å². The van der Waals surface area contributed by atoms with Crippen LogP contribution in [-0.4, -0.2) is 19.3 Å². The molecule has 2 nitrogen and oxygen atoms in total. The van der Waals surface area contributed by atoms with Crippen molar-refractivity contribution in [2.24, 2.45) is 0 Å². The summed E-state index contributed by atoms with van der Waals surface area (Å²) in [6, 6.07) is 12.7. The third kappa shape index (κ3) is 3.58. The van der Waals surface area contributed by atoms with Gasteiger partial charge in [-0.15, -0.1) is 0 Å². The van der Waals surface area contributed by atoms with Crippen molar-refractivity contribution in [3.63, 3.8) is 0 Å². The molecule has 112 valence electrons. The normalized spacial score (nSPS) is 18.2. The van der Waals surface area contributed by atoms with Crippen molar-refractivity contribution in [3.05, 3.63) is 42.0 Å². The van der Waals surface area contributed by atoms with Crippen LogP contribution in [0.5, 0.6) is 5.75 Å². The number of fused-ring (bicyclic) bond motifs is 1. The molecule has 1 unspecified atom stereocenters. The zero-order chi connectivity index (χ0) is 14.5. The summed E-state index contributed by atoms with van der Waals surface area (Å²) in [6.45, 7) is 1.70. The Morgan fingerprint density at radius 3 is 2.90 bits per heavy atom. The van der Waals surface area contributed by atoms with Crippen LogP contribution in [0.15, 0.2) is 36.4 Å². The minimum Gasteiger partial charge on any atom is -0.493 e. The van der Waals surface area contributed by atoms with Gasteiger partial charge in [0.1, 0.15) is 5.75 Å². The highest BCUT2D eigenvalue weighted by molar-refractivity contribution is 9.08. The molecule has 0 aliphatic carbocycles. The number of rotatable bonds is 6. The summed E-state index contributed by atoms with van der Waals surface area (Å²) in [5.74, 6) is 0.998. The fraction of sp³-hybridized carbons (Fsp3) is 0.444. The molecule has 2 aromatic rings. The van der Waals surface area contributed by atoms with E-state index in [1.165, 1.54) is 29.2 Å². The number of halogens is 1. The summed E-state index contributed by atoms with van der Waals surface area (Å²) in [4.78, 5) is 0. The van der Waals surface area contributed by atoms with Crippen molar-refractivity contribution in [2.45, 2.75) is 37.1 Å². The van der Waals surface area contributed by atoms with Crippen molar-refractivity contribution in [2.75, 3.05) is 13.2 Å². The first-order valence-corrected chi connectivity index (χ1v) is 8.81. The lowest BCUT2D eigenvalue weighted by molar-refractivity contribution is 0.0981. The summed E-state index contributed by atoms with van der Waals surface area (Å²) in [7, 11) is 0. The van der Waals surface area contributed by atoms with Gasteiger partial charge in [-0.2, -0.15) is 0 Å². The second kappa shape index (κ2) is 7.28. The summed E-state index contributed by atoms with van der Waals surface area (Å²) in [5.41, 5.74) is 1.24. The van der Waals surface area contributed by atoms with Crippen molar-refractivity contribution in [3.8, 4) is 5.75 Å². The van der Waals surface area contributed by atoms with Gasteiger partial charge in [-0.05, 0) is 42.5 Å². The highest BCUT2D eigenvalue weighted by atomic mass is 79.9. The Bertz CT molecular complexity index is 591. The smallest absolute Gasteiger partial charge is 0.123 e. The van der Waals surface area contributed by atoms with Gasteiger partial charge in [0.2, 0.25) is 0 Å². The largest absolute Gasteiger partial charge is 0.493 e. The lowest BCUT2D eigenvalue weighted by atomic mass is 10.0. The van der Waals surface area contributed by atoms with E-state index in [1.54, 1.807) is 0 Å². The van der Waals surface area contributed by atoms with Crippen molar-refractivity contribution >= 4 is 26.7 Å². The first kappa shape index (κ1) is 14.9. The Morgan fingerprint density at radius 2 is 2.10 bits per heavy atom. The zero-order valence-electron chi connectivity index (χ0n) is 12.2. The van der Waals surface area contributed by atoms with Crippen LogP contribution >= 0.6 is 15.9 Å². The first-order chi connectivity index (χ1) is 10.4. The third-order valence-electron chi connectivity index (χ3n) is 4.08. The average Bonchev–Trinajstić information content (AvgIpc) is 3.04. The molecule has 3 rings (SSSR count). The molecule has 1 saturated heterocycles. The van der Waals surface area contributed by atoms with Crippen LogP contribution in [0.1, 0.15) is 31.2 Å². The Labute approximate surface area is 134 Å². The molecule has 0 radical (unpaired) electrons. The maximum atomic E-state index is 6.01. The van der Waals surface area contributed by atoms with E-state index in [-0.39, 0.29) is 0 Å². The summed E-state index contributed by atoms with van der Waals surface area (Å²) in [5, 5.41) is 3.35. The maximum absolute atomic E-state index is 6.01. The van der Waals surface area contributed by atoms with Gasteiger partial charge in [0.25, 0.3) is 0 Å². The summed E-state index contributed by atoms with van der Waals surface area (Å²) < 4.78 is 11.7. The topological polar surface area (TPSA) is 18.5 Å². The molecule has 0 spiro atoms. The molecule has 0 N–H and O–H groups in total. The third-order valence-corrected chi connectivity index (χ3v) is 4.64. The molecule has 0 aromatic heterocycles. The Balaban J connectivity index is 1.63. The predicted molar refractivity (Wildman–Crippen MR) is 90.3 cm³/mol. The van der Waals surface area contributed by atoms with Gasteiger partial charge in [-0.3, -0.25) is 0 Å². The number of benzene rings is 2. The molecule has 0 amide bonds. The molecule has 3 heteroatoms. The Hall–Kier alpha value is -1.06. The van der Waals surface area contributed by atoms with Gasteiger partial charge < -0.3 is 9.47 Å². The predicted octanol–water partition coefficient (Wildman–Crippen LogP) is 5.07. The highest BCUT2D eigenvalue weighted by Gasteiger charge is 2.15. The molecule has 1 aliphatic rings. The molecule has 2 aromatic carbocycles. The van der Waals surface area contributed by atoms with Crippen LogP contribution in [0, 0.1) is 0 Å². The van der Waals surface area contributed by atoms with E-state index in [9.17, 15) is 0 Å². The lowest BCUT2D eigenvalue weighted by Crippen LogP contribution is -2.08. The Kier molecular flexibility index (Phi) is 5.15. The van der Waals surface area contributed by atoms with E-state index in [0.717, 1.165) is 37.1 Å². The molecule has 0 bridgehead atoms. The van der Waals surface area contributed by atoms with Crippen LogP contribution in [-0.2, 0) is 10.1 Å². The minimum absolute atomic E-state index is 0.459. The van der Waals surface area contributed by atoms with Crippen LogP contribution in [0.4, 0.5) is 0 Å². The van der Waals surface area contributed by atoms with Gasteiger partial charge in [-0.25, -0.2) is 0 Å². The number of alkyl halides is 1. The van der Waals surface area contributed by atoms with E-state index < -0.39 is 0 Å². The molecule has 1 fully saturated rings. The zero-order valence-corrected chi connectivity index (χ0v) is 13.8. The fourth-order valence-corrected chi connectivity index (χ4v) is 3.53.